The zero-order valence-electron chi connectivity index (χ0n) is 16.5. The van der Waals surface area contributed by atoms with Gasteiger partial charge in [-0.3, -0.25) is 0 Å². The molecule has 7 nitrogen and oxygen atoms in total. The molecule has 3 rings (SSSR count). The second kappa shape index (κ2) is 8.70. The molecule has 144 valence electrons. The van der Waals surface area contributed by atoms with Crippen LogP contribution in [0.3, 0.4) is 0 Å². The van der Waals surface area contributed by atoms with Crippen LogP contribution in [0.2, 0.25) is 0 Å². The summed E-state index contributed by atoms with van der Waals surface area (Å²) in [4.78, 5) is 13.5. The average Bonchev–Trinajstić information content (AvgIpc) is 3.15. The lowest BCUT2D eigenvalue weighted by Gasteiger charge is -2.12. The number of para-hydroxylation sites is 2. The maximum absolute atomic E-state index is 5.59. The van der Waals surface area contributed by atoms with Gasteiger partial charge in [0.05, 0.1) is 16.7 Å². The molecule has 0 atom stereocenters. The Morgan fingerprint density at radius 3 is 2.70 bits per heavy atom. The van der Waals surface area contributed by atoms with Gasteiger partial charge in [-0.2, -0.15) is 0 Å². The SMILES string of the molecule is CCNC(=NCc1nc(C)c(C)o1)NCCCn1c(C)nc2ccccc21. The maximum Gasteiger partial charge on any atom is 0.216 e. The van der Waals surface area contributed by atoms with E-state index in [0.29, 0.717) is 12.4 Å². The first-order valence-electron chi connectivity index (χ1n) is 9.45. The van der Waals surface area contributed by atoms with Crippen molar-refractivity contribution in [3.8, 4) is 0 Å². The van der Waals surface area contributed by atoms with Gasteiger partial charge in [0, 0.05) is 19.6 Å². The van der Waals surface area contributed by atoms with Crippen molar-refractivity contribution in [3.05, 3.63) is 47.4 Å². The molecule has 0 amide bonds. The van der Waals surface area contributed by atoms with Crippen molar-refractivity contribution in [3.63, 3.8) is 0 Å². The van der Waals surface area contributed by atoms with Gasteiger partial charge in [-0.25, -0.2) is 15.0 Å². The molecule has 2 aromatic heterocycles. The zero-order chi connectivity index (χ0) is 19.2. The van der Waals surface area contributed by atoms with E-state index in [9.17, 15) is 0 Å². The van der Waals surface area contributed by atoms with E-state index in [-0.39, 0.29) is 0 Å². The Labute approximate surface area is 159 Å². The number of benzene rings is 1. The first-order valence-corrected chi connectivity index (χ1v) is 9.45. The van der Waals surface area contributed by atoms with Gasteiger partial charge in [-0.15, -0.1) is 0 Å². The normalized spacial score (nSPS) is 11.9. The van der Waals surface area contributed by atoms with E-state index in [0.717, 1.165) is 54.8 Å². The number of nitrogens with zero attached hydrogens (tertiary/aromatic N) is 4. The van der Waals surface area contributed by atoms with Gasteiger partial charge < -0.3 is 19.6 Å². The number of aryl methyl sites for hydroxylation is 4. The van der Waals surface area contributed by atoms with Crippen LogP contribution < -0.4 is 10.6 Å². The second-order valence-corrected chi connectivity index (χ2v) is 6.52. The van der Waals surface area contributed by atoms with Crippen LogP contribution in [0, 0.1) is 20.8 Å². The van der Waals surface area contributed by atoms with Crippen molar-refractivity contribution in [2.45, 2.75) is 47.2 Å². The molecule has 0 saturated carbocycles. The molecule has 0 spiro atoms. The number of aliphatic imine (C=N–C) groups is 1. The predicted molar refractivity (Wildman–Crippen MR) is 108 cm³/mol. The standard InChI is InChI=1S/C20H28N6O/c1-5-21-20(23-13-19-24-14(2)15(3)27-19)22-11-8-12-26-16(4)25-17-9-6-7-10-18(17)26/h6-7,9-10H,5,8,11-13H2,1-4H3,(H2,21,22,23). The summed E-state index contributed by atoms with van der Waals surface area (Å²) in [6, 6.07) is 8.25. The molecule has 0 aliphatic carbocycles. The zero-order valence-corrected chi connectivity index (χ0v) is 16.5. The molecule has 0 aliphatic heterocycles. The van der Waals surface area contributed by atoms with Crippen molar-refractivity contribution >= 4 is 17.0 Å². The molecular formula is C20H28N6O. The first kappa shape index (κ1) is 18.9. The highest BCUT2D eigenvalue weighted by molar-refractivity contribution is 5.79. The van der Waals surface area contributed by atoms with Gasteiger partial charge in [0.25, 0.3) is 0 Å². The Bertz CT molecular complexity index is 904. The van der Waals surface area contributed by atoms with E-state index in [4.69, 9.17) is 4.42 Å². The van der Waals surface area contributed by atoms with E-state index < -0.39 is 0 Å². The minimum absolute atomic E-state index is 0.426. The molecule has 3 aromatic rings. The highest BCUT2D eigenvalue weighted by Gasteiger charge is 2.07. The fraction of sp³-hybridized carbons (Fsp3) is 0.450. The number of nitrogens with one attached hydrogen (secondary N) is 2. The number of hydrogen-bond acceptors (Lipinski definition) is 4. The van der Waals surface area contributed by atoms with E-state index in [2.05, 4.69) is 62.2 Å². The Morgan fingerprint density at radius 1 is 1.15 bits per heavy atom. The number of fused-ring (bicyclic) bond motifs is 1. The van der Waals surface area contributed by atoms with Crippen molar-refractivity contribution in [1.82, 2.24) is 25.2 Å². The smallest absolute Gasteiger partial charge is 0.216 e. The summed E-state index contributed by atoms with van der Waals surface area (Å²) in [7, 11) is 0. The van der Waals surface area contributed by atoms with Crippen LogP contribution in [-0.4, -0.2) is 33.6 Å². The lowest BCUT2D eigenvalue weighted by molar-refractivity contribution is 0.472. The van der Waals surface area contributed by atoms with E-state index in [1.807, 2.05) is 19.9 Å². The number of imidazole rings is 1. The van der Waals surface area contributed by atoms with Crippen LogP contribution in [-0.2, 0) is 13.1 Å². The molecule has 0 radical (unpaired) electrons. The van der Waals surface area contributed by atoms with Crippen LogP contribution in [0.1, 0.15) is 36.5 Å². The molecule has 27 heavy (non-hydrogen) atoms. The number of rotatable bonds is 7. The quantitative estimate of drug-likeness (QED) is 0.380. The van der Waals surface area contributed by atoms with Crippen LogP contribution >= 0.6 is 0 Å². The lowest BCUT2D eigenvalue weighted by atomic mass is 10.3. The van der Waals surface area contributed by atoms with E-state index >= 15 is 0 Å². The minimum atomic E-state index is 0.426. The van der Waals surface area contributed by atoms with Crippen molar-refractivity contribution < 1.29 is 4.42 Å². The molecular weight excluding hydrogens is 340 g/mol. The molecule has 2 heterocycles. The Hall–Kier alpha value is -2.83. The molecule has 0 saturated heterocycles. The fourth-order valence-electron chi connectivity index (χ4n) is 3.02. The molecule has 2 N–H and O–H groups in total. The van der Waals surface area contributed by atoms with Crippen LogP contribution in [0.15, 0.2) is 33.7 Å². The topological polar surface area (TPSA) is 80.3 Å². The second-order valence-electron chi connectivity index (χ2n) is 6.52. The molecule has 0 aliphatic rings. The van der Waals surface area contributed by atoms with Gasteiger partial charge in [0.2, 0.25) is 5.89 Å². The van der Waals surface area contributed by atoms with Crippen molar-refractivity contribution in [1.29, 1.82) is 0 Å². The summed E-state index contributed by atoms with van der Waals surface area (Å²) in [5.74, 6) is 3.31. The number of aromatic nitrogens is 3. The largest absolute Gasteiger partial charge is 0.444 e. The summed E-state index contributed by atoms with van der Waals surface area (Å²) < 4.78 is 7.85. The minimum Gasteiger partial charge on any atom is -0.444 e. The maximum atomic E-state index is 5.59. The van der Waals surface area contributed by atoms with Crippen LogP contribution in [0.25, 0.3) is 11.0 Å². The monoisotopic (exact) mass is 368 g/mol. The predicted octanol–water partition coefficient (Wildman–Crippen LogP) is 3.09. The van der Waals surface area contributed by atoms with Gasteiger partial charge >= 0.3 is 0 Å². The van der Waals surface area contributed by atoms with Crippen LogP contribution in [0.4, 0.5) is 0 Å². The van der Waals surface area contributed by atoms with Gasteiger partial charge in [0.1, 0.15) is 18.1 Å². The number of oxazole rings is 1. The molecule has 0 fully saturated rings. The third-order valence-electron chi connectivity index (χ3n) is 4.49. The molecule has 7 heteroatoms. The van der Waals surface area contributed by atoms with Crippen molar-refractivity contribution in [2.24, 2.45) is 4.99 Å². The summed E-state index contributed by atoms with van der Waals surface area (Å²) in [5.41, 5.74) is 3.15. The molecule has 0 bridgehead atoms. The van der Waals surface area contributed by atoms with Crippen LogP contribution in [0.5, 0.6) is 0 Å². The third-order valence-corrected chi connectivity index (χ3v) is 4.49. The lowest BCUT2D eigenvalue weighted by Crippen LogP contribution is -2.38. The molecule has 1 aromatic carbocycles. The fourth-order valence-corrected chi connectivity index (χ4v) is 3.02. The van der Waals surface area contributed by atoms with E-state index in [1.165, 1.54) is 5.52 Å². The Morgan fingerprint density at radius 2 is 1.96 bits per heavy atom. The Kier molecular flexibility index (Phi) is 6.11. The van der Waals surface area contributed by atoms with Gasteiger partial charge in [0.15, 0.2) is 5.96 Å². The van der Waals surface area contributed by atoms with E-state index in [1.54, 1.807) is 0 Å². The van der Waals surface area contributed by atoms with Gasteiger partial charge in [-0.05, 0) is 46.2 Å². The van der Waals surface area contributed by atoms with Gasteiger partial charge in [-0.1, -0.05) is 12.1 Å². The first-order chi connectivity index (χ1) is 13.1. The summed E-state index contributed by atoms with van der Waals surface area (Å²) in [6.07, 6.45) is 0.975. The van der Waals surface area contributed by atoms with Crippen molar-refractivity contribution in [2.75, 3.05) is 13.1 Å². The average molecular weight is 368 g/mol. The summed E-state index contributed by atoms with van der Waals surface area (Å²) in [5, 5.41) is 6.64. The number of guanidine groups is 1. The number of hydrogen-bond donors (Lipinski definition) is 2. The highest BCUT2D eigenvalue weighted by atomic mass is 16.4. The Balaban J connectivity index is 1.54. The summed E-state index contributed by atoms with van der Waals surface area (Å²) >= 11 is 0. The highest BCUT2D eigenvalue weighted by Crippen LogP contribution is 2.15. The molecule has 0 unspecified atom stereocenters. The summed E-state index contributed by atoms with van der Waals surface area (Å²) in [6.45, 7) is 10.9. The third kappa shape index (κ3) is 4.67.